The van der Waals surface area contributed by atoms with Crippen LogP contribution in [0.4, 0.5) is 17.1 Å². The lowest BCUT2D eigenvalue weighted by atomic mass is 9.97. The van der Waals surface area contributed by atoms with Crippen LogP contribution in [0.2, 0.25) is 0 Å². The number of hydrogen-bond acceptors (Lipinski definition) is 2. The van der Waals surface area contributed by atoms with E-state index in [9.17, 15) is 0 Å². The molecule has 0 aliphatic heterocycles. The highest BCUT2D eigenvalue weighted by atomic mass is 16.3. The molecule has 0 fully saturated rings. The van der Waals surface area contributed by atoms with Gasteiger partial charge in [-0.3, -0.25) is 0 Å². The first kappa shape index (κ1) is 34.9. The van der Waals surface area contributed by atoms with Crippen molar-refractivity contribution in [3.63, 3.8) is 0 Å². The third kappa shape index (κ3) is 5.82. The Hall–Kier alpha value is -8.14. The number of benzene rings is 10. The van der Waals surface area contributed by atoms with Crippen LogP contribution in [0, 0.1) is 0 Å². The summed E-state index contributed by atoms with van der Waals surface area (Å²) in [5.41, 5.74) is 15.5. The summed E-state index contributed by atoms with van der Waals surface area (Å²) in [5, 5.41) is 7.17. The molecule has 0 spiro atoms. The lowest BCUT2D eigenvalue weighted by Crippen LogP contribution is -2.10. The number of hydrogen-bond donors (Lipinski definition) is 0. The van der Waals surface area contributed by atoms with Gasteiger partial charge in [0, 0.05) is 33.1 Å². The van der Waals surface area contributed by atoms with Crippen molar-refractivity contribution >= 4 is 71.6 Å². The molecule has 0 bridgehead atoms. The van der Waals surface area contributed by atoms with E-state index in [1.807, 2.05) is 6.07 Å². The third-order valence-electron chi connectivity index (χ3n) is 12.2. The quantitative estimate of drug-likeness (QED) is 0.161. The summed E-state index contributed by atoms with van der Waals surface area (Å²) < 4.78 is 8.84. The largest absolute Gasteiger partial charge is 0.456 e. The predicted octanol–water partition coefficient (Wildman–Crippen LogP) is 16.3. The molecular weight excluding hydrogens is 741 g/mol. The van der Waals surface area contributed by atoms with Crippen molar-refractivity contribution < 1.29 is 4.42 Å². The van der Waals surface area contributed by atoms with Crippen LogP contribution in [0.1, 0.15) is 0 Å². The van der Waals surface area contributed by atoms with Crippen LogP contribution in [-0.2, 0) is 0 Å². The van der Waals surface area contributed by atoms with E-state index < -0.39 is 0 Å². The summed E-state index contributed by atoms with van der Waals surface area (Å²) >= 11 is 0. The molecule has 0 unspecified atom stereocenters. The summed E-state index contributed by atoms with van der Waals surface area (Å²) in [6.45, 7) is 0. The summed E-state index contributed by atoms with van der Waals surface area (Å²) in [7, 11) is 0. The number of para-hydroxylation sites is 4. The van der Waals surface area contributed by atoms with Crippen molar-refractivity contribution in [1.29, 1.82) is 0 Å². The summed E-state index contributed by atoms with van der Waals surface area (Å²) in [4.78, 5) is 2.38. The van der Waals surface area contributed by atoms with Crippen LogP contribution >= 0.6 is 0 Å². The van der Waals surface area contributed by atoms with Crippen molar-refractivity contribution in [2.24, 2.45) is 0 Å². The minimum absolute atomic E-state index is 0.864. The SMILES string of the molecule is c1cc(-c2ccc(N(c3cccc(-c4cccc5ccccc45)c3)c3cccc4oc5ccccc5c34)cc2)cc(-c2ccccc2-n2c3ccccc3c3ccccc32)c1. The second kappa shape index (κ2) is 14.3. The van der Waals surface area contributed by atoms with Gasteiger partial charge in [0.2, 0.25) is 0 Å². The zero-order chi connectivity index (χ0) is 40.3. The first-order valence-electron chi connectivity index (χ1n) is 20.8. The van der Waals surface area contributed by atoms with Gasteiger partial charge in [-0.15, -0.1) is 0 Å². The molecule has 0 aliphatic rings. The van der Waals surface area contributed by atoms with E-state index in [1.54, 1.807) is 0 Å². The molecule has 12 aromatic rings. The van der Waals surface area contributed by atoms with E-state index in [1.165, 1.54) is 49.3 Å². The third-order valence-corrected chi connectivity index (χ3v) is 12.2. The first-order chi connectivity index (χ1) is 30.3. The van der Waals surface area contributed by atoms with Gasteiger partial charge in [-0.05, 0) is 105 Å². The molecule has 0 aliphatic carbocycles. The maximum absolute atomic E-state index is 6.43. The van der Waals surface area contributed by atoms with Crippen LogP contribution in [0.3, 0.4) is 0 Å². The van der Waals surface area contributed by atoms with Crippen LogP contribution < -0.4 is 4.90 Å². The van der Waals surface area contributed by atoms with E-state index in [4.69, 9.17) is 4.42 Å². The lowest BCUT2D eigenvalue weighted by molar-refractivity contribution is 0.669. The van der Waals surface area contributed by atoms with Crippen molar-refractivity contribution in [2.45, 2.75) is 0 Å². The molecule has 2 aromatic heterocycles. The highest BCUT2D eigenvalue weighted by Crippen LogP contribution is 2.45. The molecule has 0 saturated heterocycles. The zero-order valence-corrected chi connectivity index (χ0v) is 33.2. The van der Waals surface area contributed by atoms with Crippen molar-refractivity contribution in [3.8, 4) is 39.1 Å². The summed E-state index contributed by atoms with van der Waals surface area (Å²) in [6, 6.07) is 82.9. The maximum atomic E-state index is 6.43. The van der Waals surface area contributed by atoms with Crippen LogP contribution in [0.15, 0.2) is 235 Å². The molecule has 0 atom stereocenters. The highest BCUT2D eigenvalue weighted by Gasteiger charge is 2.21. The molecule has 0 radical (unpaired) electrons. The van der Waals surface area contributed by atoms with Crippen molar-refractivity contribution in [1.82, 2.24) is 4.57 Å². The average molecular weight is 779 g/mol. The number of furan rings is 1. The minimum atomic E-state index is 0.864. The van der Waals surface area contributed by atoms with E-state index in [0.717, 1.165) is 61.4 Å². The minimum Gasteiger partial charge on any atom is -0.456 e. The number of aromatic nitrogens is 1. The van der Waals surface area contributed by atoms with Gasteiger partial charge < -0.3 is 13.9 Å². The van der Waals surface area contributed by atoms with Crippen LogP contribution in [0.5, 0.6) is 0 Å². The van der Waals surface area contributed by atoms with Gasteiger partial charge in [0.25, 0.3) is 0 Å². The molecule has 10 aromatic carbocycles. The predicted molar refractivity (Wildman–Crippen MR) is 257 cm³/mol. The maximum Gasteiger partial charge on any atom is 0.137 e. The molecular formula is C58H38N2O. The monoisotopic (exact) mass is 778 g/mol. The van der Waals surface area contributed by atoms with Crippen LogP contribution in [0.25, 0.3) is 93.6 Å². The molecule has 61 heavy (non-hydrogen) atoms. The second-order valence-electron chi connectivity index (χ2n) is 15.7. The average Bonchev–Trinajstić information content (AvgIpc) is 3.88. The van der Waals surface area contributed by atoms with Crippen molar-refractivity contribution in [3.05, 3.63) is 231 Å². The van der Waals surface area contributed by atoms with Gasteiger partial charge in [0.15, 0.2) is 0 Å². The number of anilines is 3. The fourth-order valence-corrected chi connectivity index (χ4v) is 9.42. The van der Waals surface area contributed by atoms with E-state index in [2.05, 4.69) is 234 Å². The summed E-state index contributed by atoms with van der Waals surface area (Å²) in [5.74, 6) is 0. The Labute approximate surface area is 353 Å². The molecule has 0 N–H and O–H groups in total. The Bertz CT molecular complexity index is 3550. The second-order valence-corrected chi connectivity index (χ2v) is 15.7. The smallest absolute Gasteiger partial charge is 0.137 e. The molecule has 3 heteroatoms. The molecule has 3 nitrogen and oxygen atoms in total. The van der Waals surface area contributed by atoms with Crippen molar-refractivity contribution in [2.75, 3.05) is 4.90 Å². The Balaban J connectivity index is 0.978. The molecule has 2 heterocycles. The lowest BCUT2D eigenvalue weighted by Gasteiger charge is -2.27. The van der Waals surface area contributed by atoms with Gasteiger partial charge >= 0.3 is 0 Å². The van der Waals surface area contributed by atoms with Crippen LogP contribution in [-0.4, -0.2) is 4.57 Å². The van der Waals surface area contributed by atoms with E-state index in [0.29, 0.717) is 0 Å². The topological polar surface area (TPSA) is 21.3 Å². The number of rotatable bonds is 7. The normalized spacial score (nSPS) is 11.6. The van der Waals surface area contributed by atoms with Gasteiger partial charge in [-0.25, -0.2) is 0 Å². The van der Waals surface area contributed by atoms with E-state index in [-0.39, 0.29) is 0 Å². The Kier molecular flexibility index (Phi) is 8.17. The molecule has 0 amide bonds. The van der Waals surface area contributed by atoms with Gasteiger partial charge in [-0.1, -0.05) is 164 Å². The highest BCUT2D eigenvalue weighted by molar-refractivity contribution is 6.14. The fraction of sp³-hybridized carbons (Fsp3) is 0. The Morgan fingerprint density at radius 3 is 1.74 bits per heavy atom. The summed E-state index contributed by atoms with van der Waals surface area (Å²) in [6.07, 6.45) is 0. The number of fused-ring (bicyclic) bond motifs is 7. The van der Waals surface area contributed by atoms with Gasteiger partial charge in [-0.2, -0.15) is 0 Å². The zero-order valence-electron chi connectivity index (χ0n) is 33.2. The molecule has 12 rings (SSSR count). The Morgan fingerprint density at radius 1 is 0.344 bits per heavy atom. The Morgan fingerprint density at radius 2 is 0.918 bits per heavy atom. The number of nitrogens with zero attached hydrogens (tertiary/aromatic N) is 2. The molecule has 286 valence electrons. The first-order valence-corrected chi connectivity index (χ1v) is 20.8. The fourth-order valence-electron chi connectivity index (χ4n) is 9.42. The standard InChI is InChI=1S/C58H38N2O/c1-2-21-46-40(15-1)16-13-26-47(46)43-19-12-20-45(38-43)59(55-30-14-32-57-58(55)51-25-6-10-31-56(51)61-57)44-35-33-39(34-36-44)41-17-11-18-42(37-41)48-22-3-7-27-52(48)60-53-28-8-4-23-49(53)50-24-5-9-29-54(50)60/h1-38H. The molecule has 0 saturated carbocycles. The van der Waals surface area contributed by atoms with E-state index >= 15 is 0 Å². The van der Waals surface area contributed by atoms with Gasteiger partial charge in [0.1, 0.15) is 11.2 Å². The van der Waals surface area contributed by atoms with Gasteiger partial charge in [0.05, 0.1) is 27.8 Å².